The number of nitrogens with zero attached hydrogens (tertiary/aromatic N) is 8. The monoisotopic (exact) mass is 583 g/mol. The Morgan fingerprint density at radius 1 is 0.628 bits per heavy atom. The van der Waals surface area contributed by atoms with Gasteiger partial charge in [0, 0.05) is 68.1 Å². The van der Waals surface area contributed by atoms with E-state index in [1.165, 1.54) is 0 Å². The van der Waals surface area contributed by atoms with Crippen LogP contribution in [0.15, 0.2) is 98.1 Å². The van der Waals surface area contributed by atoms with Gasteiger partial charge in [-0.25, -0.2) is 19.9 Å². The van der Waals surface area contributed by atoms with Crippen molar-refractivity contribution >= 4 is 61.2 Å². The zero-order valence-electron chi connectivity index (χ0n) is 23.7. The third-order valence-corrected chi connectivity index (χ3v) is 7.80. The molecule has 0 saturated heterocycles. The highest BCUT2D eigenvalue weighted by Crippen LogP contribution is 2.34. The Morgan fingerprint density at radius 3 is 1.65 bits per heavy atom. The summed E-state index contributed by atoms with van der Waals surface area (Å²) in [6.45, 7) is 0. The Kier molecular flexibility index (Phi) is 6.64. The minimum Gasteiger partial charge on any atom is -0.387 e. The van der Waals surface area contributed by atoms with Gasteiger partial charge in [-0.05, 0) is 60.7 Å². The number of imidazole rings is 2. The summed E-state index contributed by atoms with van der Waals surface area (Å²) >= 11 is 6.50. The number of anilines is 1. The van der Waals surface area contributed by atoms with Crippen LogP contribution in [0.5, 0.6) is 0 Å². The van der Waals surface area contributed by atoms with Crippen molar-refractivity contribution in [1.29, 1.82) is 0 Å². The summed E-state index contributed by atoms with van der Waals surface area (Å²) in [7, 11) is 5.89. The fourth-order valence-corrected chi connectivity index (χ4v) is 5.62. The van der Waals surface area contributed by atoms with Crippen LogP contribution in [0.2, 0.25) is 5.02 Å². The molecular weight excluding hydrogens is 558 g/mol. The molecule has 2 aromatic carbocycles. The highest BCUT2D eigenvalue weighted by atomic mass is 35.5. The number of hydrogen-bond acceptors (Lipinski definition) is 7. The molecule has 0 bridgehead atoms. The van der Waals surface area contributed by atoms with E-state index in [0.29, 0.717) is 5.02 Å². The zero-order valence-corrected chi connectivity index (χ0v) is 24.4. The Bertz CT molecular complexity index is 2260. The second kappa shape index (κ2) is 10.8. The van der Waals surface area contributed by atoms with Crippen LogP contribution in [0, 0.1) is 0 Å². The van der Waals surface area contributed by atoms with E-state index in [1.54, 1.807) is 31.1 Å². The van der Waals surface area contributed by atoms with Crippen molar-refractivity contribution in [3.8, 4) is 22.5 Å². The average Bonchev–Trinajstić information content (AvgIpc) is 3.63. The van der Waals surface area contributed by atoms with E-state index in [1.807, 2.05) is 85.1 Å². The number of pyridine rings is 4. The lowest BCUT2D eigenvalue weighted by molar-refractivity contribution is 0.948. The normalized spacial score (nSPS) is 11.3. The summed E-state index contributed by atoms with van der Waals surface area (Å²) in [5.74, 6) is 0. The molecule has 43 heavy (non-hydrogen) atoms. The molecule has 1 N–H and O–H groups in total. The minimum absolute atomic E-state index is 0.663. The van der Waals surface area contributed by atoms with Gasteiger partial charge in [0.1, 0.15) is 0 Å². The van der Waals surface area contributed by atoms with Crippen molar-refractivity contribution in [2.24, 2.45) is 14.1 Å². The van der Waals surface area contributed by atoms with Crippen LogP contribution in [-0.2, 0) is 14.1 Å². The lowest BCUT2D eigenvalue weighted by Gasteiger charge is -2.10. The molecule has 0 unspecified atom stereocenters. The smallest absolute Gasteiger partial charge is 0.0999 e. The van der Waals surface area contributed by atoms with Gasteiger partial charge in [0.15, 0.2) is 0 Å². The first-order valence-electron chi connectivity index (χ1n) is 13.7. The number of benzene rings is 2. The van der Waals surface area contributed by atoms with Gasteiger partial charge < -0.3 is 14.5 Å². The Hall–Kier alpha value is -5.41. The maximum absolute atomic E-state index is 6.50. The predicted octanol–water partition coefficient (Wildman–Crippen LogP) is 7.06. The molecule has 0 aliphatic carbocycles. The molecule has 8 aromatic rings. The van der Waals surface area contributed by atoms with Gasteiger partial charge in [0.2, 0.25) is 0 Å². The van der Waals surface area contributed by atoms with Gasteiger partial charge in [-0.3, -0.25) is 9.97 Å². The Morgan fingerprint density at radius 2 is 1.12 bits per heavy atom. The van der Waals surface area contributed by atoms with Gasteiger partial charge in [0.05, 0.1) is 67.6 Å². The van der Waals surface area contributed by atoms with Crippen LogP contribution in [0.1, 0.15) is 0 Å². The number of hydrogen-bond donors (Lipinski definition) is 1. The molecule has 0 radical (unpaired) electrons. The molecular formula is C33H26ClN9. The SMILES string of the molecule is CNc1cc(-c2ccncc2)nc2ccc3c(ncn3C)c12.Cn1cnc2c3c(Cl)cc(-c4ccncc4)nc3ccc21. The van der Waals surface area contributed by atoms with Crippen LogP contribution < -0.4 is 5.32 Å². The van der Waals surface area contributed by atoms with Crippen LogP contribution in [-0.4, -0.2) is 46.1 Å². The van der Waals surface area contributed by atoms with Gasteiger partial charge >= 0.3 is 0 Å². The third-order valence-electron chi connectivity index (χ3n) is 7.51. The minimum atomic E-state index is 0.663. The predicted molar refractivity (Wildman–Crippen MR) is 173 cm³/mol. The maximum Gasteiger partial charge on any atom is 0.0999 e. The molecule has 8 rings (SSSR count). The molecule has 6 aromatic heterocycles. The van der Waals surface area contributed by atoms with Crippen molar-refractivity contribution in [2.75, 3.05) is 12.4 Å². The zero-order chi connectivity index (χ0) is 29.5. The average molecular weight is 584 g/mol. The Balaban J connectivity index is 0.000000140. The van der Waals surface area contributed by atoms with E-state index in [2.05, 4.69) is 37.4 Å². The van der Waals surface area contributed by atoms with Crippen LogP contribution in [0.25, 0.3) is 66.4 Å². The van der Waals surface area contributed by atoms with Gasteiger partial charge in [-0.15, -0.1) is 0 Å². The molecule has 210 valence electrons. The first kappa shape index (κ1) is 26.5. The maximum atomic E-state index is 6.50. The van der Waals surface area contributed by atoms with Crippen molar-refractivity contribution in [2.45, 2.75) is 0 Å². The molecule has 0 amide bonds. The summed E-state index contributed by atoms with van der Waals surface area (Å²) in [5, 5.41) is 5.89. The number of halogens is 1. The quantitative estimate of drug-likeness (QED) is 0.238. The number of fused-ring (bicyclic) bond motifs is 6. The summed E-state index contributed by atoms with van der Waals surface area (Å²) in [5.41, 5.74) is 10.6. The first-order valence-corrected chi connectivity index (χ1v) is 14.0. The van der Waals surface area contributed by atoms with E-state index in [-0.39, 0.29) is 0 Å². The fourth-order valence-electron chi connectivity index (χ4n) is 5.33. The molecule has 9 nitrogen and oxygen atoms in total. The Labute approximate surface area is 251 Å². The number of aromatic nitrogens is 8. The second-order valence-corrected chi connectivity index (χ2v) is 10.5. The number of rotatable bonds is 3. The molecule has 0 aliphatic heterocycles. The van der Waals surface area contributed by atoms with Gasteiger partial charge in [-0.1, -0.05) is 11.6 Å². The van der Waals surface area contributed by atoms with Gasteiger partial charge in [0.25, 0.3) is 0 Å². The third kappa shape index (κ3) is 4.69. The van der Waals surface area contributed by atoms with Crippen molar-refractivity contribution in [1.82, 2.24) is 39.0 Å². The molecule has 0 aliphatic rings. The van der Waals surface area contributed by atoms with Crippen molar-refractivity contribution < 1.29 is 0 Å². The standard InChI is InChI=1S/C17H15N5.C16H11ClN4/c1-18-14-9-13(11-5-7-19-8-6-11)21-12-3-4-15-17(16(12)14)20-10-22(15)2;1-21-9-19-16-14(21)3-2-12-15(16)11(17)8-13(20-12)10-4-6-18-7-5-10/h3-10H,1-2H3,(H,18,21);2-9H,1H3. The van der Waals surface area contributed by atoms with Crippen LogP contribution in [0.4, 0.5) is 5.69 Å². The van der Waals surface area contributed by atoms with E-state index < -0.39 is 0 Å². The first-order chi connectivity index (χ1) is 21.0. The van der Waals surface area contributed by atoms with E-state index in [9.17, 15) is 0 Å². The molecule has 0 fully saturated rings. The van der Waals surface area contributed by atoms with E-state index in [4.69, 9.17) is 21.6 Å². The van der Waals surface area contributed by atoms with Gasteiger partial charge in [-0.2, -0.15) is 0 Å². The fraction of sp³-hybridized carbons (Fsp3) is 0.0909. The molecule has 0 atom stereocenters. The number of nitrogens with one attached hydrogen (secondary N) is 1. The largest absolute Gasteiger partial charge is 0.387 e. The lowest BCUT2D eigenvalue weighted by Crippen LogP contribution is -1.95. The molecule has 6 heterocycles. The highest BCUT2D eigenvalue weighted by Gasteiger charge is 2.13. The molecule has 0 saturated carbocycles. The topological polar surface area (TPSA) is 99.2 Å². The summed E-state index contributed by atoms with van der Waals surface area (Å²) in [4.78, 5) is 26.6. The lowest BCUT2D eigenvalue weighted by atomic mass is 10.1. The molecule has 10 heteroatoms. The van der Waals surface area contributed by atoms with Crippen LogP contribution >= 0.6 is 11.6 Å². The van der Waals surface area contributed by atoms with Crippen molar-refractivity contribution in [3.05, 3.63) is 103 Å². The summed E-state index contributed by atoms with van der Waals surface area (Å²) < 4.78 is 3.99. The van der Waals surface area contributed by atoms with E-state index in [0.717, 1.165) is 72.1 Å². The highest BCUT2D eigenvalue weighted by molar-refractivity contribution is 6.37. The number of aryl methyl sites for hydroxylation is 2. The van der Waals surface area contributed by atoms with E-state index >= 15 is 0 Å². The van der Waals surface area contributed by atoms with Crippen LogP contribution in [0.3, 0.4) is 0 Å². The second-order valence-electron chi connectivity index (χ2n) is 10.1. The summed E-state index contributed by atoms with van der Waals surface area (Å²) in [6.07, 6.45) is 10.7. The summed E-state index contributed by atoms with van der Waals surface area (Å²) in [6, 6.07) is 19.8. The van der Waals surface area contributed by atoms with Crippen molar-refractivity contribution in [3.63, 3.8) is 0 Å². The molecule has 0 spiro atoms.